The Kier molecular flexibility index (Phi) is 4.36. The summed E-state index contributed by atoms with van der Waals surface area (Å²) in [5.74, 6) is -1.13. The van der Waals surface area contributed by atoms with Gasteiger partial charge in [0.25, 0.3) is 0 Å². The predicted octanol–water partition coefficient (Wildman–Crippen LogP) is 3.08. The number of rotatable bonds is 6. The molecule has 1 aliphatic heterocycles. The number of benzene rings is 2. The summed E-state index contributed by atoms with van der Waals surface area (Å²) in [6, 6.07) is 14.1. The van der Waals surface area contributed by atoms with Crippen LogP contribution < -0.4 is 10.1 Å². The van der Waals surface area contributed by atoms with Crippen LogP contribution in [0.4, 0.5) is 0 Å². The van der Waals surface area contributed by atoms with Gasteiger partial charge in [0.15, 0.2) is 0 Å². The summed E-state index contributed by atoms with van der Waals surface area (Å²) in [5.41, 5.74) is 1.89. The first-order chi connectivity index (χ1) is 13.0. The fourth-order valence-corrected chi connectivity index (χ4v) is 4.07. The maximum Gasteiger partial charge on any atom is 0.320 e. The SMILES string of the molecule is CC1C(NC(CC2c3ccccc3Oc3ccccc32)C(=O)O)C1C(=O)O. The van der Waals surface area contributed by atoms with Crippen molar-refractivity contribution in [1.29, 1.82) is 0 Å². The molecule has 1 saturated carbocycles. The first kappa shape index (κ1) is 17.5. The summed E-state index contributed by atoms with van der Waals surface area (Å²) in [4.78, 5) is 23.1. The Morgan fingerprint density at radius 3 is 2.07 bits per heavy atom. The third-order valence-electron chi connectivity index (χ3n) is 5.64. The molecule has 4 atom stereocenters. The van der Waals surface area contributed by atoms with Gasteiger partial charge in [-0.05, 0) is 24.5 Å². The highest BCUT2D eigenvalue weighted by Gasteiger charge is 2.53. The molecule has 0 bridgehead atoms. The molecule has 4 rings (SSSR count). The van der Waals surface area contributed by atoms with Crippen LogP contribution in [0.3, 0.4) is 0 Å². The minimum atomic E-state index is -0.973. The molecule has 1 fully saturated rings. The number of aliphatic carboxylic acids is 2. The van der Waals surface area contributed by atoms with E-state index in [0.717, 1.165) is 22.6 Å². The lowest BCUT2D eigenvalue weighted by Crippen LogP contribution is -2.41. The summed E-state index contributed by atoms with van der Waals surface area (Å²) < 4.78 is 5.96. The molecule has 3 N–H and O–H groups in total. The molecule has 27 heavy (non-hydrogen) atoms. The van der Waals surface area contributed by atoms with Crippen molar-refractivity contribution in [2.75, 3.05) is 0 Å². The van der Waals surface area contributed by atoms with Crippen LogP contribution in [-0.4, -0.2) is 34.2 Å². The predicted molar refractivity (Wildman–Crippen MR) is 98.1 cm³/mol. The van der Waals surface area contributed by atoms with Crippen molar-refractivity contribution in [2.45, 2.75) is 31.3 Å². The second-order valence-corrected chi connectivity index (χ2v) is 7.27. The van der Waals surface area contributed by atoms with E-state index in [-0.39, 0.29) is 17.9 Å². The molecular formula is C21H21NO5. The Morgan fingerprint density at radius 2 is 1.59 bits per heavy atom. The van der Waals surface area contributed by atoms with Crippen molar-refractivity contribution in [3.63, 3.8) is 0 Å². The zero-order valence-corrected chi connectivity index (χ0v) is 14.8. The molecule has 0 amide bonds. The summed E-state index contributed by atoms with van der Waals surface area (Å²) in [6.45, 7) is 1.83. The van der Waals surface area contributed by atoms with Crippen LogP contribution in [0.15, 0.2) is 48.5 Å². The van der Waals surface area contributed by atoms with Crippen LogP contribution in [0.25, 0.3) is 0 Å². The van der Waals surface area contributed by atoms with Gasteiger partial charge >= 0.3 is 11.9 Å². The van der Waals surface area contributed by atoms with Gasteiger partial charge in [-0.2, -0.15) is 0 Å². The van der Waals surface area contributed by atoms with E-state index in [1.54, 1.807) is 0 Å². The van der Waals surface area contributed by atoms with E-state index < -0.39 is 23.9 Å². The van der Waals surface area contributed by atoms with Gasteiger partial charge in [-0.3, -0.25) is 9.59 Å². The van der Waals surface area contributed by atoms with Crippen molar-refractivity contribution >= 4 is 11.9 Å². The zero-order chi connectivity index (χ0) is 19.1. The highest BCUT2D eigenvalue weighted by Crippen LogP contribution is 2.46. The van der Waals surface area contributed by atoms with Gasteiger partial charge in [0.1, 0.15) is 17.5 Å². The zero-order valence-electron chi connectivity index (χ0n) is 14.8. The van der Waals surface area contributed by atoms with Crippen molar-refractivity contribution < 1.29 is 24.5 Å². The minimum Gasteiger partial charge on any atom is -0.481 e. The molecule has 1 heterocycles. The molecule has 2 aliphatic rings. The summed E-state index contributed by atoms with van der Waals surface area (Å²) in [7, 11) is 0. The summed E-state index contributed by atoms with van der Waals surface area (Å²) >= 11 is 0. The number of hydrogen-bond donors (Lipinski definition) is 3. The Balaban J connectivity index is 1.62. The Hall–Kier alpha value is -2.86. The minimum absolute atomic E-state index is 0.0707. The van der Waals surface area contributed by atoms with Crippen molar-refractivity contribution in [3.8, 4) is 11.5 Å². The maximum absolute atomic E-state index is 11.9. The number of hydrogen-bond acceptors (Lipinski definition) is 4. The Bertz CT molecular complexity index is 850. The number of ether oxygens (including phenoxy) is 1. The lowest BCUT2D eigenvalue weighted by Gasteiger charge is -2.30. The van der Waals surface area contributed by atoms with Gasteiger partial charge in [0.2, 0.25) is 0 Å². The fourth-order valence-electron chi connectivity index (χ4n) is 4.07. The van der Waals surface area contributed by atoms with Crippen LogP contribution in [-0.2, 0) is 9.59 Å². The normalized spacial score (nSPS) is 24.3. The quantitative estimate of drug-likeness (QED) is 0.726. The second-order valence-electron chi connectivity index (χ2n) is 7.27. The van der Waals surface area contributed by atoms with Crippen LogP contribution in [0.1, 0.15) is 30.4 Å². The third kappa shape index (κ3) is 3.17. The van der Waals surface area contributed by atoms with Gasteiger partial charge in [0.05, 0.1) is 5.92 Å². The van der Waals surface area contributed by atoms with E-state index in [2.05, 4.69) is 5.32 Å². The maximum atomic E-state index is 11.9. The highest BCUT2D eigenvalue weighted by atomic mass is 16.5. The fraction of sp³-hybridized carbons (Fsp3) is 0.333. The van der Waals surface area contributed by atoms with Crippen LogP contribution in [0.5, 0.6) is 11.5 Å². The summed E-state index contributed by atoms with van der Waals surface area (Å²) in [5, 5.41) is 22.0. The van der Waals surface area contributed by atoms with Crippen LogP contribution in [0.2, 0.25) is 0 Å². The van der Waals surface area contributed by atoms with Gasteiger partial charge in [0, 0.05) is 23.1 Å². The number of fused-ring (bicyclic) bond motifs is 2. The van der Waals surface area contributed by atoms with E-state index in [1.807, 2.05) is 55.5 Å². The molecule has 6 heteroatoms. The molecule has 0 spiro atoms. The largest absolute Gasteiger partial charge is 0.481 e. The van der Waals surface area contributed by atoms with Gasteiger partial charge < -0.3 is 20.3 Å². The smallest absolute Gasteiger partial charge is 0.320 e. The van der Waals surface area contributed by atoms with Crippen molar-refractivity contribution in [3.05, 3.63) is 59.7 Å². The average molecular weight is 367 g/mol. The van der Waals surface area contributed by atoms with E-state index >= 15 is 0 Å². The van der Waals surface area contributed by atoms with Crippen molar-refractivity contribution in [1.82, 2.24) is 5.32 Å². The number of carbonyl (C=O) groups is 2. The molecular weight excluding hydrogens is 346 g/mol. The molecule has 0 radical (unpaired) electrons. The van der Waals surface area contributed by atoms with E-state index in [9.17, 15) is 19.8 Å². The Labute approximate surface area is 156 Å². The lowest BCUT2D eigenvalue weighted by molar-refractivity contribution is -0.141. The van der Waals surface area contributed by atoms with E-state index in [0.29, 0.717) is 6.42 Å². The van der Waals surface area contributed by atoms with Gasteiger partial charge in [-0.1, -0.05) is 43.3 Å². The topological polar surface area (TPSA) is 95.9 Å². The molecule has 0 aromatic heterocycles. The highest BCUT2D eigenvalue weighted by molar-refractivity contribution is 5.77. The number of carboxylic acid groups (broad SMARTS) is 2. The van der Waals surface area contributed by atoms with Crippen molar-refractivity contribution in [2.24, 2.45) is 11.8 Å². The first-order valence-electron chi connectivity index (χ1n) is 9.04. The third-order valence-corrected chi connectivity index (χ3v) is 5.64. The molecule has 4 unspecified atom stereocenters. The molecule has 140 valence electrons. The molecule has 2 aromatic carbocycles. The van der Waals surface area contributed by atoms with Gasteiger partial charge in [-0.25, -0.2) is 0 Å². The average Bonchev–Trinajstić information content (AvgIpc) is 3.30. The Morgan fingerprint density at radius 1 is 1.04 bits per heavy atom. The first-order valence-corrected chi connectivity index (χ1v) is 9.04. The molecule has 6 nitrogen and oxygen atoms in total. The second kappa shape index (κ2) is 6.70. The number of carboxylic acids is 2. The molecule has 2 aromatic rings. The monoisotopic (exact) mass is 367 g/mol. The van der Waals surface area contributed by atoms with Gasteiger partial charge in [-0.15, -0.1) is 0 Å². The number of nitrogens with one attached hydrogen (secondary N) is 1. The molecule has 1 aliphatic carbocycles. The van der Waals surface area contributed by atoms with Crippen LogP contribution >= 0.6 is 0 Å². The standard InChI is InChI=1S/C21H21NO5/c1-11-18(21(25)26)19(11)22-15(20(23)24)10-14-12-6-2-4-8-16(12)27-17-9-5-3-7-13(14)17/h2-9,11,14-15,18-19,22H,10H2,1H3,(H,23,24)(H,25,26). The van der Waals surface area contributed by atoms with Crippen LogP contribution in [0, 0.1) is 11.8 Å². The van der Waals surface area contributed by atoms with E-state index in [4.69, 9.17) is 4.74 Å². The lowest BCUT2D eigenvalue weighted by atomic mass is 9.83. The molecule has 0 saturated heterocycles. The summed E-state index contributed by atoms with van der Waals surface area (Å²) in [6.07, 6.45) is 0.322. The number of para-hydroxylation sites is 2. The van der Waals surface area contributed by atoms with E-state index in [1.165, 1.54) is 0 Å².